The third kappa shape index (κ3) is 1.61. The monoisotopic (exact) mass is 153 g/mol. The van der Waals surface area contributed by atoms with Crippen molar-refractivity contribution in [3.05, 3.63) is 0 Å². The molecule has 1 fully saturated rings. The molecule has 2 heteroatoms. The Labute approximate surface area is 70.8 Å². The summed E-state index contributed by atoms with van der Waals surface area (Å²) in [6, 6.07) is 0.398. The summed E-state index contributed by atoms with van der Waals surface area (Å²) in [5.41, 5.74) is 0. The molecule has 11 heavy (non-hydrogen) atoms. The Bertz CT molecular complexity index is 109. The lowest BCUT2D eigenvalue weighted by Gasteiger charge is -2.13. The molecule has 1 aliphatic heterocycles. The zero-order chi connectivity index (χ0) is 8.43. The van der Waals surface area contributed by atoms with Gasteiger partial charge in [0, 0.05) is 6.00 Å². The van der Waals surface area contributed by atoms with E-state index in [0.29, 0.717) is 18.0 Å². The van der Waals surface area contributed by atoms with E-state index in [9.17, 15) is 0 Å². The summed E-state index contributed by atoms with van der Waals surface area (Å²) in [4.78, 5) is 0. The normalized spacial score (nSPS) is 44.4. The Morgan fingerprint density at radius 2 is 1.91 bits per heavy atom. The molecule has 0 spiro atoms. The van der Waals surface area contributed by atoms with Crippen molar-refractivity contribution in [2.45, 2.75) is 46.1 Å². The van der Waals surface area contributed by atoms with Crippen LogP contribution in [0, 0.1) is 11.8 Å². The highest BCUT2D eigenvalue weighted by atomic mass is 16.5. The Morgan fingerprint density at radius 3 is 2.18 bits per heavy atom. The first kappa shape index (κ1) is 9.12. The van der Waals surface area contributed by atoms with Gasteiger partial charge in [0.05, 0.1) is 6.10 Å². The second kappa shape index (κ2) is 3.62. The van der Waals surface area contributed by atoms with Crippen molar-refractivity contribution in [3.63, 3.8) is 0 Å². The summed E-state index contributed by atoms with van der Waals surface area (Å²) in [6.45, 7) is 8.87. The van der Waals surface area contributed by atoms with Crippen LogP contribution in [0.3, 0.4) is 0 Å². The predicted octanol–water partition coefficient (Wildman–Crippen LogP) is 2.15. The van der Waals surface area contributed by atoms with Gasteiger partial charge in [0.15, 0.2) is 0 Å². The predicted molar refractivity (Wildman–Crippen MR) is 48.9 cm³/mol. The molecule has 4 unspecified atom stereocenters. The molecule has 1 radical (unpaired) electrons. The Balaban J connectivity index is 2.53. The molecule has 0 amide bonds. The molecule has 0 saturated carbocycles. The second-order valence-corrected chi connectivity index (χ2v) is 3.60. The van der Waals surface area contributed by atoms with Crippen LogP contribution in [0.25, 0.3) is 0 Å². The maximum absolute atomic E-state index is 5.83. The average Bonchev–Trinajstić information content (AvgIpc) is 2.30. The number of hydrogen-bond donors (Lipinski definition) is 0. The molecule has 0 bridgehead atoms. The molecule has 1 rings (SSSR count). The third-order valence-corrected chi connectivity index (χ3v) is 3.00. The molecule has 1 heterocycles. The van der Waals surface area contributed by atoms with Gasteiger partial charge in [-0.1, -0.05) is 27.6 Å². The van der Waals surface area contributed by atoms with Gasteiger partial charge in [-0.05, 0) is 18.3 Å². The molecule has 0 aromatic rings. The van der Waals surface area contributed by atoms with Crippen LogP contribution in [-0.4, -0.2) is 19.4 Å². The summed E-state index contributed by atoms with van der Waals surface area (Å²) >= 11 is 0. The largest absolute Gasteiger partial charge is 0.383 e. The van der Waals surface area contributed by atoms with Crippen LogP contribution < -0.4 is 0 Å². The molecule has 1 aliphatic rings. The standard InChI is InChI=1S/C9H18BO/c1-5-8-6(2)7(3)9(10-4)11-8/h6-9H,5H2,1-4H3. The Morgan fingerprint density at radius 1 is 1.27 bits per heavy atom. The van der Waals surface area contributed by atoms with E-state index in [0.717, 1.165) is 12.3 Å². The first-order chi connectivity index (χ1) is 5.20. The van der Waals surface area contributed by atoms with Gasteiger partial charge < -0.3 is 4.74 Å². The lowest BCUT2D eigenvalue weighted by Crippen LogP contribution is -2.20. The van der Waals surface area contributed by atoms with Gasteiger partial charge in [0.1, 0.15) is 7.28 Å². The highest BCUT2D eigenvalue weighted by Gasteiger charge is 2.36. The summed E-state index contributed by atoms with van der Waals surface area (Å²) in [5, 5.41) is 0. The molecular weight excluding hydrogens is 135 g/mol. The molecule has 0 aromatic carbocycles. The zero-order valence-corrected chi connectivity index (χ0v) is 8.00. The number of hydrogen-bond acceptors (Lipinski definition) is 1. The molecule has 63 valence electrons. The molecule has 1 nitrogen and oxygen atoms in total. The highest BCUT2D eigenvalue weighted by molar-refractivity contribution is 6.35. The van der Waals surface area contributed by atoms with Gasteiger partial charge in [0.2, 0.25) is 0 Å². The van der Waals surface area contributed by atoms with E-state index in [1.807, 2.05) is 0 Å². The maximum Gasteiger partial charge on any atom is 0.146 e. The van der Waals surface area contributed by atoms with E-state index in [4.69, 9.17) is 4.74 Å². The second-order valence-electron chi connectivity index (χ2n) is 3.60. The first-order valence-electron chi connectivity index (χ1n) is 4.65. The summed E-state index contributed by atoms with van der Waals surface area (Å²) in [7, 11) is 2.18. The molecule has 1 saturated heterocycles. The van der Waals surface area contributed by atoms with Gasteiger partial charge in [-0.3, -0.25) is 0 Å². The van der Waals surface area contributed by atoms with Gasteiger partial charge in [-0.15, -0.1) is 0 Å². The van der Waals surface area contributed by atoms with E-state index in [-0.39, 0.29) is 0 Å². The van der Waals surface area contributed by atoms with Crippen molar-refractivity contribution in [1.82, 2.24) is 0 Å². The fraction of sp³-hybridized carbons (Fsp3) is 1.00. The smallest absolute Gasteiger partial charge is 0.146 e. The van der Waals surface area contributed by atoms with Crippen LogP contribution in [0.4, 0.5) is 0 Å². The molecule has 0 N–H and O–H groups in total. The highest BCUT2D eigenvalue weighted by Crippen LogP contribution is 2.32. The van der Waals surface area contributed by atoms with Crippen LogP contribution in [0.2, 0.25) is 6.82 Å². The van der Waals surface area contributed by atoms with Crippen molar-refractivity contribution in [2.24, 2.45) is 11.8 Å². The minimum atomic E-state index is 0.398. The van der Waals surface area contributed by atoms with Gasteiger partial charge in [-0.25, -0.2) is 0 Å². The fourth-order valence-corrected chi connectivity index (χ4v) is 1.94. The molecule has 0 aromatic heterocycles. The summed E-state index contributed by atoms with van der Waals surface area (Å²) in [6.07, 6.45) is 1.64. The number of rotatable bonds is 2. The molecular formula is C9H18BO. The van der Waals surface area contributed by atoms with Crippen molar-refractivity contribution in [1.29, 1.82) is 0 Å². The SMILES string of the molecule is C[B]C1OC(CC)C(C)C1C. The zero-order valence-electron chi connectivity index (χ0n) is 8.00. The van der Waals surface area contributed by atoms with Gasteiger partial charge in [0.25, 0.3) is 0 Å². The summed E-state index contributed by atoms with van der Waals surface area (Å²) < 4.78 is 5.83. The third-order valence-electron chi connectivity index (χ3n) is 3.00. The van der Waals surface area contributed by atoms with E-state index in [1.165, 1.54) is 0 Å². The lowest BCUT2D eigenvalue weighted by molar-refractivity contribution is 0.0683. The fourth-order valence-electron chi connectivity index (χ4n) is 1.94. The quantitative estimate of drug-likeness (QED) is 0.552. The van der Waals surface area contributed by atoms with Crippen LogP contribution in [0.15, 0.2) is 0 Å². The van der Waals surface area contributed by atoms with Crippen LogP contribution in [0.5, 0.6) is 0 Å². The Hall–Kier alpha value is 0.0249. The first-order valence-corrected chi connectivity index (χ1v) is 4.65. The van der Waals surface area contributed by atoms with Gasteiger partial charge in [-0.2, -0.15) is 0 Å². The van der Waals surface area contributed by atoms with Crippen molar-refractivity contribution in [2.75, 3.05) is 0 Å². The van der Waals surface area contributed by atoms with E-state index in [2.05, 4.69) is 34.9 Å². The maximum atomic E-state index is 5.83. The molecule has 0 aliphatic carbocycles. The Kier molecular flexibility index (Phi) is 3.00. The van der Waals surface area contributed by atoms with Crippen molar-refractivity contribution >= 4 is 7.28 Å². The van der Waals surface area contributed by atoms with Gasteiger partial charge >= 0.3 is 0 Å². The van der Waals surface area contributed by atoms with Crippen LogP contribution >= 0.6 is 0 Å². The topological polar surface area (TPSA) is 9.23 Å². The van der Waals surface area contributed by atoms with Crippen LogP contribution in [0.1, 0.15) is 27.2 Å². The summed E-state index contributed by atoms with van der Waals surface area (Å²) in [5.74, 6) is 1.42. The van der Waals surface area contributed by atoms with E-state index >= 15 is 0 Å². The number of ether oxygens (including phenoxy) is 1. The van der Waals surface area contributed by atoms with Crippen molar-refractivity contribution in [3.8, 4) is 0 Å². The minimum Gasteiger partial charge on any atom is -0.383 e. The van der Waals surface area contributed by atoms with Crippen LogP contribution in [-0.2, 0) is 4.74 Å². The van der Waals surface area contributed by atoms with Crippen molar-refractivity contribution < 1.29 is 4.74 Å². The lowest BCUT2D eigenvalue weighted by atomic mass is 9.67. The minimum absolute atomic E-state index is 0.398. The average molecular weight is 153 g/mol. The van der Waals surface area contributed by atoms with E-state index in [1.54, 1.807) is 0 Å². The van der Waals surface area contributed by atoms with E-state index < -0.39 is 0 Å². The molecule has 4 atom stereocenters.